The van der Waals surface area contributed by atoms with Gasteiger partial charge in [-0.2, -0.15) is 10.5 Å². The first kappa shape index (κ1) is 53.1. The molecule has 368 valence electrons. The number of halogens is 1. The summed E-state index contributed by atoms with van der Waals surface area (Å²) in [7, 11) is 1.98. The van der Waals surface area contributed by atoms with Crippen LogP contribution in [-0.2, 0) is 21.1 Å². The lowest BCUT2D eigenvalue weighted by molar-refractivity contribution is -0.193. The van der Waals surface area contributed by atoms with Crippen molar-refractivity contribution in [1.82, 2.24) is 10.1 Å². The number of guanidine groups is 2. The number of allylic oxidation sites excluding steroid dienone is 2. The molecule has 4 aromatic carbocycles. The Morgan fingerprint density at radius 2 is 1.21 bits per heavy atom. The predicted molar refractivity (Wildman–Crippen MR) is 273 cm³/mol. The minimum atomic E-state index is -1.50. The van der Waals surface area contributed by atoms with Gasteiger partial charge in [-0.3, -0.25) is 0 Å². The van der Waals surface area contributed by atoms with Crippen LogP contribution in [-0.4, -0.2) is 88.9 Å². The van der Waals surface area contributed by atoms with Crippen LogP contribution in [0.5, 0.6) is 11.5 Å². The zero-order valence-corrected chi connectivity index (χ0v) is 42.4. The van der Waals surface area contributed by atoms with Crippen LogP contribution in [0.15, 0.2) is 111 Å². The highest BCUT2D eigenvalue weighted by molar-refractivity contribution is 9.10. The number of nitrogens with zero attached hydrogens (tertiary/aromatic N) is 6. The molecule has 2 spiro atoms. The Kier molecular flexibility index (Phi) is 17.2. The number of aryl methyl sites for hydroxylation is 2. The molecule has 0 aromatic heterocycles. The first-order valence-electron chi connectivity index (χ1n) is 23.0. The Hall–Kier alpha value is -6.22. The summed E-state index contributed by atoms with van der Waals surface area (Å²) in [5, 5.41) is 57.7. The number of aliphatic hydroxyl groups is 2. The van der Waals surface area contributed by atoms with E-state index in [4.69, 9.17) is 50.9 Å². The van der Waals surface area contributed by atoms with Crippen LogP contribution in [0.1, 0.15) is 86.8 Å². The molecule has 4 aromatic rings. The van der Waals surface area contributed by atoms with Gasteiger partial charge < -0.3 is 41.2 Å². The van der Waals surface area contributed by atoms with Gasteiger partial charge in [0.05, 0.1) is 34.4 Å². The molecule has 18 heteroatoms. The summed E-state index contributed by atoms with van der Waals surface area (Å²) < 4.78 is 13.7. The van der Waals surface area contributed by atoms with Crippen molar-refractivity contribution < 1.29 is 39.4 Å². The molecule has 8 rings (SSSR count). The van der Waals surface area contributed by atoms with Crippen molar-refractivity contribution in [3.05, 3.63) is 134 Å². The summed E-state index contributed by atoms with van der Waals surface area (Å²) in [6, 6.07) is 26.4. The van der Waals surface area contributed by atoms with E-state index in [-0.39, 0.29) is 37.3 Å². The van der Waals surface area contributed by atoms with Crippen LogP contribution in [0.4, 0.5) is 0 Å². The molecule has 4 aliphatic rings. The molecule has 0 saturated carbocycles. The third-order valence-electron chi connectivity index (χ3n) is 12.4. The zero-order valence-electron chi connectivity index (χ0n) is 40.9. The summed E-state index contributed by atoms with van der Waals surface area (Å²) in [6.45, 7) is 12.1. The summed E-state index contributed by atoms with van der Waals surface area (Å²) in [5.41, 5.74) is 19.4. The Labute approximate surface area is 419 Å². The fourth-order valence-corrected chi connectivity index (χ4v) is 9.41. The smallest absolute Gasteiger partial charge is 0.488 e. The van der Waals surface area contributed by atoms with E-state index in [1.807, 2.05) is 95.3 Å². The second-order valence-electron chi connectivity index (χ2n) is 18.3. The number of benzene rings is 4. The van der Waals surface area contributed by atoms with E-state index in [1.54, 1.807) is 33.2 Å². The minimum Gasteiger partial charge on any atom is -0.489 e. The number of aliphatic hydroxyl groups excluding tert-OH is 2. The lowest BCUT2D eigenvalue weighted by atomic mass is 9.77. The highest BCUT2D eigenvalue weighted by Crippen LogP contribution is 2.50. The van der Waals surface area contributed by atoms with Crippen LogP contribution in [0, 0.1) is 48.3 Å². The third-order valence-corrected chi connectivity index (χ3v) is 12.9. The number of nitriles is 2. The van der Waals surface area contributed by atoms with Gasteiger partial charge in [-0.25, -0.2) is 29.8 Å². The molecule has 6 unspecified atom stereocenters. The van der Waals surface area contributed by atoms with E-state index in [9.17, 15) is 15.5 Å². The third kappa shape index (κ3) is 12.0. The molecule has 0 fully saturated rings. The predicted octanol–water partition coefficient (Wildman–Crippen LogP) is 6.45. The fourth-order valence-electron chi connectivity index (χ4n) is 9.05. The highest BCUT2D eigenvalue weighted by Gasteiger charge is 2.51. The standard InChI is InChI=1S/C26H30N4O3.C18H24BrN3O3.C8H8BNO2/c1-16(2)11-20(9-10-31)24-14-26(29-25(28)30(4)33-26)22-13-19(7-8-23(22)32-24)21-12-18(15-27)6-5-17(21)3;1-11(2)8-12(6-7-23)16-10-18(21-17(20)22(3)25-18)14-9-13(19)4-5-15(14)24-16;1-6-2-3-7(5-10)4-8(6)9(11)12/h5-8,11-13,20,24,31H,9-10,14H2,1-4H3,(H2,28,29);4-5,8-9,12,16,23H,6-7,10H2,1-3H3,(H2,20,21);2-4,11-12H,1H3. The van der Waals surface area contributed by atoms with E-state index >= 15 is 0 Å². The van der Waals surface area contributed by atoms with Gasteiger partial charge >= 0.3 is 7.12 Å². The van der Waals surface area contributed by atoms with Gasteiger partial charge in [0.15, 0.2) is 0 Å². The van der Waals surface area contributed by atoms with Crippen LogP contribution < -0.4 is 26.4 Å². The number of rotatable bonds is 10. The average Bonchev–Trinajstić information content (AvgIpc) is 3.77. The molecule has 4 aliphatic heterocycles. The van der Waals surface area contributed by atoms with Crippen molar-refractivity contribution in [3.63, 3.8) is 0 Å². The number of fused-ring (bicyclic) bond motifs is 4. The Morgan fingerprint density at radius 1 is 0.743 bits per heavy atom. The van der Waals surface area contributed by atoms with Gasteiger partial charge in [0.2, 0.25) is 23.4 Å². The second kappa shape index (κ2) is 22.7. The van der Waals surface area contributed by atoms with Gasteiger partial charge in [-0.1, -0.05) is 63.0 Å². The number of aliphatic imine (C=N–C) groups is 2. The number of hydrogen-bond donors (Lipinski definition) is 6. The average molecular weight is 1020 g/mol. The van der Waals surface area contributed by atoms with E-state index in [0.29, 0.717) is 59.9 Å². The number of hydroxylamine groups is 4. The molecular formula is C52H62BBrN8O8. The normalized spacial score (nSPS) is 21.4. The molecular weight excluding hydrogens is 955 g/mol. The van der Waals surface area contributed by atoms with Gasteiger partial charge in [0, 0.05) is 56.5 Å². The first-order valence-corrected chi connectivity index (χ1v) is 23.8. The molecule has 0 radical (unpaired) electrons. The van der Waals surface area contributed by atoms with Gasteiger partial charge in [0.1, 0.15) is 23.7 Å². The van der Waals surface area contributed by atoms with Crippen LogP contribution in [0.3, 0.4) is 0 Å². The maximum absolute atomic E-state index is 9.65. The van der Waals surface area contributed by atoms with Gasteiger partial charge in [-0.15, -0.1) is 0 Å². The molecule has 70 heavy (non-hydrogen) atoms. The molecule has 0 bridgehead atoms. The number of ether oxygens (including phenoxy) is 2. The summed E-state index contributed by atoms with van der Waals surface area (Å²) in [5.74, 6) is 2.13. The van der Waals surface area contributed by atoms with E-state index in [2.05, 4.69) is 39.1 Å². The van der Waals surface area contributed by atoms with Crippen molar-refractivity contribution in [1.29, 1.82) is 10.5 Å². The topological polar surface area (TPSA) is 249 Å². The van der Waals surface area contributed by atoms with E-state index in [1.165, 1.54) is 21.8 Å². The number of hydrogen-bond acceptors (Lipinski definition) is 16. The SMILES string of the molecule is CC(C)=CC(CCO)C1CC2(N=C(N)N(C)O2)c2cc(-c3cc(C#N)ccc3C)ccc2O1.CC(C)=CC(CCO)C1CC2(N=C(N)N(C)O2)c2cc(Br)ccc2O1.Cc1ccc(C#N)cc1B(O)O. The molecule has 0 saturated heterocycles. The van der Waals surface area contributed by atoms with Gasteiger partial charge in [-0.05, 0) is 131 Å². The van der Waals surface area contributed by atoms with Crippen molar-refractivity contribution in [2.24, 2.45) is 33.3 Å². The summed E-state index contributed by atoms with van der Waals surface area (Å²) in [4.78, 5) is 21.7. The summed E-state index contributed by atoms with van der Waals surface area (Å²) in [6.07, 6.45) is 6.05. The van der Waals surface area contributed by atoms with Crippen LogP contribution >= 0.6 is 15.9 Å². The molecule has 0 aliphatic carbocycles. The van der Waals surface area contributed by atoms with Crippen molar-refractivity contribution in [2.45, 2.75) is 90.9 Å². The quantitative estimate of drug-likeness (QED) is 0.0739. The van der Waals surface area contributed by atoms with Crippen LogP contribution in [0.25, 0.3) is 11.1 Å². The van der Waals surface area contributed by atoms with Crippen molar-refractivity contribution >= 4 is 40.4 Å². The largest absolute Gasteiger partial charge is 0.489 e. The highest BCUT2D eigenvalue weighted by atomic mass is 79.9. The Balaban J connectivity index is 0.000000191. The molecule has 0 amide bonds. The fraction of sp³-hybridized carbons (Fsp3) is 0.385. The molecule has 4 heterocycles. The first-order chi connectivity index (χ1) is 33.2. The maximum Gasteiger partial charge on any atom is 0.488 e. The monoisotopic (exact) mass is 1020 g/mol. The van der Waals surface area contributed by atoms with Crippen molar-refractivity contribution in [2.75, 3.05) is 27.3 Å². The molecule has 16 nitrogen and oxygen atoms in total. The zero-order chi connectivity index (χ0) is 51.1. The Morgan fingerprint density at radius 3 is 1.66 bits per heavy atom. The minimum absolute atomic E-state index is 0.00480. The molecule has 6 atom stereocenters. The van der Waals surface area contributed by atoms with E-state index < -0.39 is 18.6 Å². The number of nitrogens with two attached hydrogens (primary N) is 2. The lowest BCUT2D eigenvalue weighted by Gasteiger charge is -2.39. The van der Waals surface area contributed by atoms with Crippen molar-refractivity contribution in [3.8, 4) is 34.8 Å². The lowest BCUT2D eigenvalue weighted by Crippen LogP contribution is -2.42. The molecule has 8 N–H and O–H groups in total. The maximum atomic E-state index is 9.65. The van der Waals surface area contributed by atoms with Crippen LogP contribution in [0.2, 0.25) is 0 Å². The van der Waals surface area contributed by atoms with E-state index in [0.717, 1.165) is 49.2 Å². The summed E-state index contributed by atoms with van der Waals surface area (Å²) >= 11 is 3.51. The second-order valence-corrected chi connectivity index (χ2v) is 19.2. The Bertz CT molecular complexity index is 2760. The van der Waals surface area contributed by atoms with Gasteiger partial charge in [0.25, 0.3) is 0 Å².